The van der Waals surface area contributed by atoms with Crippen LogP contribution in [0.4, 0.5) is 5.82 Å². The molecule has 1 fully saturated rings. The third-order valence-electron chi connectivity index (χ3n) is 5.63. The number of anilines is 1. The number of rotatable bonds is 6. The van der Waals surface area contributed by atoms with E-state index < -0.39 is 5.97 Å². The summed E-state index contributed by atoms with van der Waals surface area (Å²) in [7, 11) is 1.77. The normalized spacial score (nSPS) is 15.0. The fourth-order valence-corrected chi connectivity index (χ4v) is 4.00. The van der Waals surface area contributed by atoms with Crippen LogP contribution in [0.15, 0.2) is 36.8 Å². The van der Waals surface area contributed by atoms with Gasteiger partial charge < -0.3 is 19.7 Å². The highest BCUT2D eigenvalue weighted by atomic mass is 16.5. The standard InChI is InChI=1S/C21H23N7O3/c1-22-18-11-17(25-20-15(21(29)30)12-24-28(18)20)16-13-27(19-14(16)3-2-4-23-19)6-5-26-7-9-31-10-8-26/h2-4,11-13,22H,5-10H2,1H3,(H,29,30). The van der Waals surface area contributed by atoms with Crippen molar-refractivity contribution >= 4 is 28.5 Å². The van der Waals surface area contributed by atoms with Crippen molar-refractivity contribution in [1.82, 2.24) is 29.0 Å². The Bertz CT molecular complexity index is 1260. The van der Waals surface area contributed by atoms with E-state index in [1.165, 1.54) is 10.7 Å². The van der Waals surface area contributed by atoms with Gasteiger partial charge in [-0.05, 0) is 12.1 Å². The molecule has 0 atom stereocenters. The number of nitrogens with one attached hydrogen (secondary N) is 1. The Kier molecular flexibility index (Phi) is 5.00. The molecule has 0 amide bonds. The fraction of sp³-hybridized carbons (Fsp3) is 0.333. The largest absolute Gasteiger partial charge is 0.477 e. The Morgan fingerprint density at radius 3 is 2.87 bits per heavy atom. The van der Waals surface area contributed by atoms with Gasteiger partial charge in [0.1, 0.15) is 17.0 Å². The molecule has 0 radical (unpaired) electrons. The summed E-state index contributed by atoms with van der Waals surface area (Å²) < 4.78 is 9.08. The summed E-state index contributed by atoms with van der Waals surface area (Å²) in [6.07, 6.45) is 5.15. The Morgan fingerprint density at radius 2 is 2.10 bits per heavy atom. The van der Waals surface area contributed by atoms with E-state index >= 15 is 0 Å². The number of pyridine rings is 1. The molecule has 10 nitrogen and oxygen atoms in total. The van der Waals surface area contributed by atoms with Crippen LogP contribution >= 0.6 is 0 Å². The average molecular weight is 421 g/mol. The van der Waals surface area contributed by atoms with Gasteiger partial charge in [-0.2, -0.15) is 9.61 Å². The highest BCUT2D eigenvalue weighted by Crippen LogP contribution is 2.31. The molecule has 5 rings (SSSR count). The zero-order valence-electron chi connectivity index (χ0n) is 17.2. The predicted molar refractivity (Wildman–Crippen MR) is 115 cm³/mol. The summed E-state index contributed by atoms with van der Waals surface area (Å²) >= 11 is 0. The maximum atomic E-state index is 11.6. The number of hydrogen-bond donors (Lipinski definition) is 2. The second-order valence-corrected chi connectivity index (χ2v) is 7.44. The lowest BCUT2D eigenvalue weighted by molar-refractivity contribution is 0.0365. The van der Waals surface area contributed by atoms with Crippen molar-refractivity contribution in [3.63, 3.8) is 0 Å². The third-order valence-corrected chi connectivity index (χ3v) is 5.63. The maximum Gasteiger partial charge on any atom is 0.341 e. The van der Waals surface area contributed by atoms with Crippen LogP contribution in [0, 0.1) is 0 Å². The van der Waals surface area contributed by atoms with Crippen LogP contribution in [0.3, 0.4) is 0 Å². The lowest BCUT2D eigenvalue weighted by Crippen LogP contribution is -2.38. The molecule has 31 heavy (non-hydrogen) atoms. The number of morpholine rings is 1. The zero-order chi connectivity index (χ0) is 21.4. The van der Waals surface area contributed by atoms with Crippen LogP contribution < -0.4 is 5.32 Å². The number of nitrogens with zero attached hydrogens (tertiary/aromatic N) is 6. The highest BCUT2D eigenvalue weighted by Gasteiger charge is 2.19. The molecule has 2 N–H and O–H groups in total. The van der Waals surface area contributed by atoms with Crippen molar-refractivity contribution in [2.45, 2.75) is 6.54 Å². The van der Waals surface area contributed by atoms with Crippen molar-refractivity contribution in [3.05, 3.63) is 42.4 Å². The van der Waals surface area contributed by atoms with E-state index in [9.17, 15) is 9.90 Å². The van der Waals surface area contributed by atoms with E-state index in [-0.39, 0.29) is 5.56 Å². The minimum Gasteiger partial charge on any atom is -0.477 e. The number of fused-ring (bicyclic) bond motifs is 2. The van der Waals surface area contributed by atoms with Gasteiger partial charge in [0.15, 0.2) is 5.65 Å². The monoisotopic (exact) mass is 421 g/mol. The summed E-state index contributed by atoms with van der Waals surface area (Å²) in [5, 5.41) is 17.8. The molecule has 10 heteroatoms. The second-order valence-electron chi connectivity index (χ2n) is 7.44. The van der Waals surface area contributed by atoms with Crippen LogP contribution in [0.5, 0.6) is 0 Å². The first-order chi connectivity index (χ1) is 15.2. The SMILES string of the molecule is CNc1cc(-c2cn(CCN3CCOCC3)c3ncccc23)nc2c(C(=O)O)cnn12. The molecular weight excluding hydrogens is 398 g/mol. The quantitative estimate of drug-likeness (QED) is 0.485. The van der Waals surface area contributed by atoms with Crippen LogP contribution in [0.2, 0.25) is 0 Å². The second kappa shape index (κ2) is 7.97. The topological polar surface area (TPSA) is 110 Å². The lowest BCUT2D eigenvalue weighted by atomic mass is 10.1. The summed E-state index contributed by atoms with van der Waals surface area (Å²) in [5.41, 5.74) is 2.81. The van der Waals surface area contributed by atoms with E-state index in [1.54, 1.807) is 13.2 Å². The summed E-state index contributed by atoms with van der Waals surface area (Å²) in [4.78, 5) is 23.3. The summed E-state index contributed by atoms with van der Waals surface area (Å²) in [5.74, 6) is -0.401. The zero-order valence-corrected chi connectivity index (χ0v) is 17.2. The first-order valence-electron chi connectivity index (χ1n) is 10.2. The molecule has 0 saturated carbocycles. The number of carboxylic acids is 1. The number of hydrogen-bond acceptors (Lipinski definition) is 7. The van der Waals surface area contributed by atoms with Gasteiger partial charge >= 0.3 is 5.97 Å². The molecule has 0 bridgehead atoms. The molecule has 1 aliphatic rings. The first kappa shape index (κ1) is 19.5. The van der Waals surface area contributed by atoms with Crippen molar-refractivity contribution in [1.29, 1.82) is 0 Å². The van der Waals surface area contributed by atoms with E-state index in [1.807, 2.05) is 24.4 Å². The first-order valence-corrected chi connectivity index (χ1v) is 10.2. The Balaban J connectivity index is 1.59. The third kappa shape index (κ3) is 3.49. The molecule has 0 spiro atoms. The molecule has 0 aromatic carbocycles. The fourth-order valence-electron chi connectivity index (χ4n) is 4.00. The van der Waals surface area contributed by atoms with Gasteiger partial charge in [0.05, 0.1) is 25.1 Å². The molecule has 4 aromatic heterocycles. The minimum atomic E-state index is -1.06. The average Bonchev–Trinajstić information content (AvgIpc) is 3.39. The molecule has 160 valence electrons. The van der Waals surface area contributed by atoms with Gasteiger partial charge in [0.25, 0.3) is 0 Å². The number of carboxylic acid groups (broad SMARTS) is 1. The van der Waals surface area contributed by atoms with E-state index in [4.69, 9.17) is 4.74 Å². The smallest absolute Gasteiger partial charge is 0.341 e. The van der Waals surface area contributed by atoms with Gasteiger partial charge in [-0.1, -0.05) is 0 Å². The van der Waals surface area contributed by atoms with Gasteiger partial charge in [-0.25, -0.2) is 14.8 Å². The molecular formula is C21H23N7O3. The Labute approximate surface area is 178 Å². The highest BCUT2D eigenvalue weighted by molar-refractivity contribution is 5.97. The molecule has 0 aliphatic carbocycles. The Hall–Kier alpha value is -3.50. The number of carbonyl (C=O) groups is 1. The van der Waals surface area contributed by atoms with Gasteiger partial charge in [-0.3, -0.25) is 4.90 Å². The van der Waals surface area contributed by atoms with Crippen LogP contribution in [0.1, 0.15) is 10.4 Å². The molecule has 1 aliphatic heterocycles. The summed E-state index contributed by atoms with van der Waals surface area (Å²) in [6, 6.07) is 5.79. The van der Waals surface area contributed by atoms with E-state index in [2.05, 4.69) is 29.9 Å². The van der Waals surface area contributed by atoms with Gasteiger partial charge in [0.2, 0.25) is 0 Å². The van der Waals surface area contributed by atoms with Crippen LogP contribution in [0.25, 0.3) is 27.9 Å². The van der Waals surface area contributed by atoms with Gasteiger partial charge in [-0.15, -0.1) is 0 Å². The minimum absolute atomic E-state index is 0.0625. The summed E-state index contributed by atoms with van der Waals surface area (Å²) in [6.45, 7) is 5.10. The van der Waals surface area contributed by atoms with E-state index in [0.29, 0.717) is 17.2 Å². The molecule has 1 saturated heterocycles. The number of aromatic carboxylic acids is 1. The van der Waals surface area contributed by atoms with Crippen molar-refractivity contribution in [2.75, 3.05) is 45.2 Å². The molecule has 4 aromatic rings. The number of aromatic nitrogens is 5. The molecule has 5 heterocycles. The van der Waals surface area contributed by atoms with Crippen molar-refractivity contribution in [3.8, 4) is 11.3 Å². The van der Waals surface area contributed by atoms with Crippen molar-refractivity contribution in [2.24, 2.45) is 0 Å². The van der Waals surface area contributed by atoms with Crippen LogP contribution in [-0.2, 0) is 11.3 Å². The van der Waals surface area contributed by atoms with E-state index in [0.717, 1.165) is 56.0 Å². The molecule has 0 unspecified atom stereocenters. The van der Waals surface area contributed by atoms with Crippen molar-refractivity contribution < 1.29 is 14.6 Å². The lowest BCUT2D eigenvalue weighted by Gasteiger charge is -2.26. The Morgan fingerprint density at radius 1 is 1.26 bits per heavy atom. The number of ether oxygens (including phenoxy) is 1. The predicted octanol–water partition coefficient (Wildman–Crippen LogP) is 1.82. The van der Waals surface area contributed by atoms with Gasteiger partial charge in [0, 0.05) is 62.6 Å². The van der Waals surface area contributed by atoms with Crippen LogP contribution in [-0.4, -0.2) is 80.0 Å². The maximum absolute atomic E-state index is 11.6.